The number of amides is 2. The fraction of sp³-hybridized carbons (Fsp3) is 0.522. The highest BCUT2D eigenvalue weighted by Gasteiger charge is 2.33. The lowest BCUT2D eigenvalue weighted by atomic mass is 10.0. The maximum absolute atomic E-state index is 13.1. The lowest BCUT2D eigenvalue weighted by Crippen LogP contribution is -2.46. The number of likely N-dealkylation sites (tertiary alicyclic amines) is 2. The Labute approximate surface area is 182 Å². The molecule has 2 saturated heterocycles. The molecule has 4 rings (SSSR count). The second-order valence-electron chi connectivity index (χ2n) is 8.20. The molecule has 0 bridgehead atoms. The third-order valence-electron chi connectivity index (χ3n) is 5.94. The molecule has 1 aromatic heterocycles. The van der Waals surface area contributed by atoms with Gasteiger partial charge in [0.15, 0.2) is 0 Å². The number of nitrogens with zero attached hydrogens (tertiary/aromatic N) is 3. The number of piperidine rings is 1. The van der Waals surface area contributed by atoms with Crippen LogP contribution in [0.3, 0.4) is 0 Å². The van der Waals surface area contributed by atoms with Crippen molar-refractivity contribution in [1.82, 2.24) is 14.8 Å². The van der Waals surface area contributed by atoms with E-state index in [1.807, 2.05) is 29.2 Å². The molecule has 0 aliphatic carbocycles. The van der Waals surface area contributed by atoms with Gasteiger partial charge in [-0.15, -0.1) is 0 Å². The highest BCUT2D eigenvalue weighted by molar-refractivity contribution is 6.30. The number of hydrogen-bond acceptors (Lipinski definition) is 4. The van der Waals surface area contributed by atoms with Crippen LogP contribution in [0.4, 0.5) is 0 Å². The van der Waals surface area contributed by atoms with E-state index in [1.54, 1.807) is 11.1 Å². The maximum Gasteiger partial charge on any atom is 0.242 e. The number of carbonyl (C=O) groups is 2. The highest BCUT2D eigenvalue weighted by Crippen LogP contribution is 2.31. The van der Waals surface area contributed by atoms with Crippen LogP contribution in [0.15, 0.2) is 34.9 Å². The van der Waals surface area contributed by atoms with Crippen LogP contribution in [0, 0.1) is 0 Å². The summed E-state index contributed by atoms with van der Waals surface area (Å²) in [5.41, 5.74) is 1.06. The Kier molecular flexibility index (Phi) is 6.72. The predicted octanol–water partition coefficient (Wildman–Crippen LogP) is 4.38. The van der Waals surface area contributed by atoms with Gasteiger partial charge in [-0.25, -0.2) is 4.98 Å². The van der Waals surface area contributed by atoms with E-state index in [1.165, 1.54) is 0 Å². The molecule has 3 heterocycles. The number of carbonyl (C=O) groups excluding carboxylic acids is 2. The van der Waals surface area contributed by atoms with Crippen LogP contribution < -0.4 is 0 Å². The van der Waals surface area contributed by atoms with Crippen molar-refractivity contribution in [2.45, 2.75) is 57.4 Å². The Morgan fingerprint density at radius 3 is 2.90 bits per heavy atom. The smallest absolute Gasteiger partial charge is 0.242 e. The van der Waals surface area contributed by atoms with Gasteiger partial charge >= 0.3 is 0 Å². The summed E-state index contributed by atoms with van der Waals surface area (Å²) in [4.78, 5) is 33.5. The van der Waals surface area contributed by atoms with Crippen molar-refractivity contribution in [1.29, 1.82) is 0 Å². The summed E-state index contributed by atoms with van der Waals surface area (Å²) in [5, 5.41) is 0.694. The number of oxazole rings is 1. The number of benzene rings is 1. The Morgan fingerprint density at radius 1 is 1.17 bits per heavy atom. The van der Waals surface area contributed by atoms with E-state index in [4.69, 9.17) is 16.0 Å². The normalized spacial score (nSPS) is 20.3. The van der Waals surface area contributed by atoms with E-state index >= 15 is 0 Å². The van der Waals surface area contributed by atoms with Crippen LogP contribution in [-0.4, -0.2) is 46.2 Å². The van der Waals surface area contributed by atoms with Crippen molar-refractivity contribution in [2.24, 2.45) is 0 Å². The second kappa shape index (κ2) is 9.65. The van der Waals surface area contributed by atoms with Gasteiger partial charge in [0.1, 0.15) is 11.8 Å². The number of halogens is 1. The van der Waals surface area contributed by atoms with E-state index in [0.29, 0.717) is 36.8 Å². The number of rotatable bonds is 5. The molecule has 2 amide bonds. The van der Waals surface area contributed by atoms with Crippen molar-refractivity contribution in [3.8, 4) is 0 Å². The van der Waals surface area contributed by atoms with Crippen LogP contribution in [0.1, 0.15) is 68.2 Å². The molecule has 30 heavy (non-hydrogen) atoms. The SMILES string of the molecule is O=C1CCCCCN1CC(=O)N1CCCCC1c1ncc(Cc2cccc(Cl)c2)o1. The minimum absolute atomic E-state index is 0.00968. The molecule has 2 fully saturated rings. The molecule has 1 unspecified atom stereocenters. The van der Waals surface area contributed by atoms with Crippen molar-refractivity contribution < 1.29 is 14.0 Å². The third kappa shape index (κ3) is 5.04. The van der Waals surface area contributed by atoms with Crippen LogP contribution in [0.25, 0.3) is 0 Å². The van der Waals surface area contributed by atoms with Crippen LogP contribution in [0.2, 0.25) is 5.02 Å². The second-order valence-corrected chi connectivity index (χ2v) is 8.63. The first-order valence-electron chi connectivity index (χ1n) is 10.9. The van der Waals surface area contributed by atoms with Crippen molar-refractivity contribution >= 4 is 23.4 Å². The Morgan fingerprint density at radius 2 is 2.03 bits per heavy atom. The molecule has 2 aliphatic heterocycles. The minimum Gasteiger partial charge on any atom is -0.443 e. The fourth-order valence-corrected chi connectivity index (χ4v) is 4.57. The summed E-state index contributed by atoms with van der Waals surface area (Å²) in [6.07, 6.45) is 8.66. The van der Waals surface area contributed by atoms with E-state index in [9.17, 15) is 9.59 Å². The molecular formula is C23H28ClN3O3. The molecule has 0 radical (unpaired) electrons. The van der Waals surface area contributed by atoms with Gasteiger partial charge in [0.05, 0.1) is 12.7 Å². The molecule has 6 nitrogen and oxygen atoms in total. The van der Waals surface area contributed by atoms with Crippen molar-refractivity contribution in [3.63, 3.8) is 0 Å². The average molecular weight is 430 g/mol. The summed E-state index contributed by atoms with van der Waals surface area (Å²) in [5.74, 6) is 1.43. The van der Waals surface area contributed by atoms with Gasteiger partial charge in [0.2, 0.25) is 17.7 Å². The van der Waals surface area contributed by atoms with Crippen LogP contribution in [0.5, 0.6) is 0 Å². The summed E-state index contributed by atoms with van der Waals surface area (Å²) in [6, 6.07) is 7.51. The van der Waals surface area contributed by atoms with Crippen molar-refractivity contribution in [3.05, 3.63) is 52.7 Å². The molecule has 2 aliphatic rings. The van der Waals surface area contributed by atoms with E-state index in [-0.39, 0.29) is 24.4 Å². The van der Waals surface area contributed by atoms with E-state index in [0.717, 1.165) is 49.8 Å². The van der Waals surface area contributed by atoms with Crippen molar-refractivity contribution in [2.75, 3.05) is 19.6 Å². The lowest BCUT2D eigenvalue weighted by Gasteiger charge is -2.35. The molecule has 0 saturated carbocycles. The minimum atomic E-state index is -0.165. The highest BCUT2D eigenvalue weighted by atomic mass is 35.5. The van der Waals surface area contributed by atoms with Crippen LogP contribution in [-0.2, 0) is 16.0 Å². The lowest BCUT2D eigenvalue weighted by molar-refractivity contribution is -0.143. The summed E-state index contributed by atoms with van der Waals surface area (Å²) < 4.78 is 6.05. The average Bonchev–Trinajstić information content (AvgIpc) is 3.11. The molecule has 160 valence electrons. The summed E-state index contributed by atoms with van der Waals surface area (Å²) in [7, 11) is 0. The Hall–Kier alpha value is -2.34. The zero-order valence-electron chi connectivity index (χ0n) is 17.2. The summed E-state index contributed by atoms with van der Waals surface area (Å²) >= 11 is 6.07. The number of hydrogen-bond donors (Lipinski definition) is 0. The van der Waals surface area contributed by atoms with E-state index < -0.39 is 0 Å². The zero-order valence-corrected chi connectivity index (χ0v) is 17.9. The van der Waals surface area contributed by atoms with Gasteiger partial charge in [-0.3, -0.25) is 9.59 Å². The predicted molar refractivity (Wildman–Crippen MR) is 114 cm³/mol. The first-order valence-corrected chi connectivity index (χ1v) is 11.2. The maximum atomic E-state index is 13.1. The molecule has 1 aromatic carbocycles. The van der Waals surface area contributed by atoms with E-state index in [2.05, 4.69) is 4.98 Å². The molecule has 7 heteroatoms. The third-order valence-corrected chi connectivity index (χ3v) is 6.18. The quantitative estimate of drug-likeness (QED) is 0.707. The van der Waals surface area contributed by atoms with Gasteiger partial charge in [0, 0.05) is 31.0 Å². The Balaban J connectivity index is 1.45. The fourth-order valence-electron chi connectivity index (χ4n) is 4.35. The first-order chi connectivity index (χ1) is 14.6. The summed E-state index contributed by atoms with van der Waals surface area (Å²) in [6.45, 7) is 1.51. The van der Waals surface area contributed by atoms with Gasteiger partial charge in [0.25, 0.3) is 0 Å². The first kappa shape index (κ1) is 20.9. The molecule has 1 atom stereocenters. The standard InChI is InChI=1S/C23H28ClN3O3/c24-18-8-6-7-17(13-18)14-19-15-25-23(30-19)20-9-3-5-12-27(20)22(29)16-26-11-4-1-2-10-21(26)28/h6-8,13,15,20H,1-5,9-12,14,16H2. The Bertz CT molecular complexity index is 897. The van der Waals surface area contributed by atoms with Gasteiger partial charge in [-0.1, -0.05) is 30.2 Å². The van der Waals surface area contributed by atoms with Gasteiger partial charge < -0.3 is 14.2 Å². The number of aromatic nitrogens is 1. The monoisotopic (exact) mass is 429 g/mol. The van der Waals surface area contributed by atoms with Gasteiger partial charge in [-0.2, -0.15) is 0 Å². The topological polar surface area (TPSA) is 66.7 Å². The molecule has 2 aromatic rings. The zero-order chi connectivity index (χ0) is 20.9. The molecule has 0 N–H and O–H groups in total. The van der Waals surface area contributed by atoms with Crippen LogP contribution >= 0.6 is 11.6 Å². The molecule has 0 spiro atoms. The van der Waals surface area contributed by atoms with Gasteiger partial charge in [-0.05, 0) is 49.8 Å². The largest absolute Gasteiger partial charge is 0.443 e. The molecular weight excluding hydrogens is 402 g/mol.